The minimum atomic E-state index is -3.78. The zero-order valence-electron chi connectivity index (χ0n) is 11.1. The molecule has 0 unspecified atom stereocenters. The van der Waals surface area contributed by atoms with E-state index in [1.807, 2.05) is 13.8 Å². The molecule has 0 aromatic heterocycles. The third-order valence-corrected chi connectivity index (χ3v) is 4.11. The van der Waals surface area contributed by atoms with Crippen LogP contribution >= 0.6 is 11.6 Å². The summed E-state index contributed by atoms with van der Waals surface area (Å²) in [7, 11) is -3.78. The van der Waals surface area contributed by atoms with Crippen LogP contribution in [0.4, 0.5) is 0 Å². The van der Waals surface area contributed by atoms with Crippen LogP contribution in [0.2, 0.25) is 5.02 Å². The first-order valence-corrected chi connectivity index (χ1v) is 7.74. The van der Waals surface area contributed by atoms with Crippen LogP contribution in [0.3, 0.4) is 0 Å². The molecular weight excluding hydrogens is 306 g/mol. The number of halogens is 1. The number of nitrogens with one attached hydrogen (secondary N) is 1. The molecule has 0 atom stereocenters. The highest BCUT2D eigenvalue weighted by molar-refractivity contribution is 7.89. The van der Waals surface area contributed by atoms with Gasteiger partial charge in [0.25, 0.3) is 0 Å². The monoisotopic (exact) mass is 321 g/mol. The van der Waals surface area contributed by atoms with Crippen LogP contribution in [0.1, 0.15) is 24.2 Å². The van der Waals surface area contributed by atoms with Gasteiger partial charge in [0.2, 0.25) is 10.0 Å². The number of rotatable bonds is 7. The summed E-state index contributed by atoms with van der Waals surface area (Å²) >= 11 is 5.69. The van der Waals surface area contributed by atoms with Gasteiger partial charge in [-0.25, -0.2) is 17.9 Å². The predicted octanol–water partition coefficient (Wildman–Crippen LogP) is 1.74. The lowest BCUT2D eigenvalue weighted by Crippen LogP contribution is -2.28. The smallest absolute Gasteiger partial charge is 0.337 e. The molecule has 0 fully saturated rings. The van der Waals surface area contributed by atoms with Crippen LogP contribution in [0.25, 0.3) is 0 Å². The van der Waals surface area contributed by atoms with Crippen molar-refractivity contribution in [1.82, 2.24) is 4.72 Å². The molecule has 0 radical (unpaired) electrons. The van der Waals surface area contributed by atoms with Crippen molar-refractivity contribution >= 4 is 27.6 Å². The molecule has 112 valence electrons. The predicted molar refractivity (Wildman–Crippen MR) is 74.7 cm³/mol. The molecule has 0 spiro atoms. The summed E-state index contributed by atoms with van der Waals surface area (Å²) in [5.74, 6) is -1.28. The maximum Gasteiger partial charge on any atom is 0.337 e. The van der Waals surface area contributed by atoms with Crippen LogP contribution in [0, 0.1) is 0 Å². The van der Waals surface area contributed by atoms with E-state index in [9.17, 15) is 13.2 Å². The average Bonchev–Trinajstić information content (AvgIpc) is 2.34. The number of ether oxygens (including phenoxy) is 1. The lowest BCUT2D eigenvalue weighted by molar-refractivity contribution is 0.0696. The van der Waals surface area contributed by atoms with Crippen molar-refractivity contribution in [3.63, 3.8) is 0 Å². The van der Waals surface area contributed by atoms with Crippen LogP contribution in [0.15, 0.2) is 23.1 Å². The van der Waals surface area contributed by atoms with E-state index < -0.39 is 16.0 Å². The minimum Gasteiger partial charge on any atom is -0.478 e. The van der Waals surface area contributed by atoms with Crippen LogP contribution in [-0.2, 0) is 14.8 Å². The van der Waals surface area contributed by atoms with Gasteiger partial charge in [-0.2, -0.15) is 0 Å². The van der Waals surface area contributed by atoms with Gasteiger partial charge >= 0.3 is 5.97 Å². The number of benzene rings is 1. The van der Waals surface area contributed by atoms with Crippen molar-refractivity contribution < 1.29 is 23.1 Å². The van der Waals surface area contributed by atoms with E-state index in [2.05, 4.69) is 4.72 Å². The Morgan fingerprint density at radius 1 is 1.45 bits per heavy atom. The van der Waals surface area contributed by atoms with Crippen LogP contribution in [0.5, 0.6) is 0 Å². The molecule has 0 saturated heterocycles. The van der Waals surface area contributed by atoms with Gasteiger partial charge in [-0.05, 0) is 32.0 Å². The molecule has 0 bridgehead atoms. The second-order valence-corrected chi connectivity index (χ2v) is 6.44. The number of carboxylic acids is 1. The first-order chi connectivity index (χ1) is 9.24. The summed E-state index contributed by atoms with van der Waals surface area (Å²) < 4.78 is 31.5. The maximum absolute atomic E-state index is 12.0. The average molecular weight is 322 g/mol. The van der Waals surface area contributed by atoms with E-state index in [-0.39, 0.29) is 34.7 Å². The highest BCUT2D eigenvalue weighted by Gasteiger charge is 2.18. The highest BCUT2D eigenvalue weighted by atomic mass is 35.5. The second kappa shape index (κ2) is 7.03. The van der Waals surface area contributed by atoms with Crippen molar-refractivity contribution in [1.29, 1.82) is 0 Å². The first-order valence-electron chi connectivity index (χ1n) is 5.88. The van der Waals surface area contributed by atoms with E-state index in [0.29, 0.717) is 0 Å². The lowest BCUT2D eigenvalue weighted by Gasteiger charge is -2.10. The normalized spacial score (nSPS) is 11.8. The summed E-state index contributed by atoms with van der Waals surface area (Å²) in [6, 6.07) is 3.51. The number of carbonyl (C=O) groups is 1. The maximum atomic E-state index is 12.0. The summed E-state index contributed by atoms with van der Waals surface area (Å²) in [4.78, 5) is 10.8. The van der Waals surface area contributed by atoms with Crippen molar-refractivity contribution in [3.05, 3.63) is 28.8 Å². The van der Waals surface area contributed by atoms with Gasteiger partial charge in [-0.3, -0.25) is 0 Å². The molecule has 1 rings (SSSR count). The van der Waals surface area contributed by atoms with Crippen molar-refractivity contribution in [2.45, 2.75) is 24.8 Å². The molecule has 20 heavy (non-hydrogen) atoms. The Balaban J connectivity index is 2.82. The van der Waals surface area contributed by atoms with Crippen molar-refractivity contribution in [2.24, 2.45) is 0 Å². The Morgan fingerprint density at radius 3 is 2.65 bits per heavy atom. The van der Waals surface area contributed by atoms with Gasteiger partial charge in [0.05, 0.1) is 28.2 Å². The fourth-order valence-electron chi connectivity index (χ4n) is 1.39. The number of hydrogen-bond acceptors (Lipinski definition) is 4. The number of carboxylic acid groups (broad SMARTS) is 1. The lowest BCUT2D eigenvalue weighted by atomic mass is 10.2. The molecule has 8 heteroatoms. The fraction of sp³-hybridized carbons (Fsp3) is 0.417. The number of sulfonamides is 1. The standard InChI is InChI=1S/C12H16ClNO5S/c1-8(2)19-6-5-14-20(17,18)9-3-4-11(13)10(7-9)12(15)16/h3-4,7-8,14H,5-6H2,1-2H3,(H,15,16). The zero-order valence-corrected chi connectivity index (χ0v) is 12.7. The van der Waals surface area contributed by atoms with E-state index >= 15 is 0 Å². The van der Waals surface area contributed by atoms with Gasteiger partial charge < -0.3 is 9.84 Å². The molecule has 2 N–H and O–H groups in total. The van der Waals surface area contributed by atoms with Gasteiger partial charge in [0.15, 0.2) is 0 Å². The largest absolute Gasteiger partial charge is 0.478 e. The number of aromatic carboxylic acids is 1. The molecule has 1 aromatic rings. The Morgan fingerprint density at radius 2 is 2.10 bits per heavy atom. The van der Waals surface area contributed by atoms with Gasteiger partial charge in [0, 0.05) is 6.54 Å². The molecular formula is C12H16ClNO5S. The third kappa shape index (κ3) is 4.75. The Kier molecular flexibility index (Phi) is 5.94. The Labute approximate surface area is 122 Å². The summed E-state index contributed by atoms with van der Waals surface area (Å²) in [5.41, 5.74) is -0.257. The number of hydrogen-bond donors (Lipinski definition) is 2. The molecule has 0 saturated carbocycles. The Bertz CT molecular complexity index is 586. The second-order valence-electron chi connectivity index (χ2n) is 4.26. The van der Waals surface area contributed by atoms with Gasteiger partial charge in [-0.1, -0.05) is 11.6 Å². The highest BCUT2D eigenvalue weighted by Crippen LogP contribution is 2.20. The molecule has 6 nitrogen and oxygen atoms in total. The quantitative estimate of drug-likeness (QED) is 0.746. The first kappa shape index (κ1) is 16.9. The SMILES string of the molecule is CC(C)OCCNS(=O)(=O)c1ccc(Cl)c(C(=O)O)c1. The van der Waals surface area contributed by atoms with E-state index in [4.69, 9.17) is 21.4 Å². The summed E-state index contributed by atoms with van der Waals surface area (Å²) in [5, 5.41) is 8.90. The third-order valence-electron chi connectivity index (χ3n) is 2.32. The Hall–Kier alpha value is -1.15. The zero-order chi connectivity index (χ0) is 15.3. The molecule has 0 amide bonds. The van der Waals surface area contributed by atoms with Gasteiger partial charge in [0.1, 0.15) is 0 Å². The molecule has 0 heterocycles. The molecule has 1 aromatic carbocycles. The van der Waals surface area contributed by atoms with E-state index in [1.54, 1.807) is 0 Å². The van der Waals surface area contributed by atoms with Crippen molar-refractivity contribution in [3.8, 4) is 0 Å². The van der Waals surface area contributed by atoms with E-state index in [0.717, 1.165) is 6.07 Å². The van der Waals surface area contributed by atoms with Crippen LogP contribution in [-0.4, -0.2) is 38.7 Å². The van der Waals surface area contributed by atoms with Crippen molar-refractivity contribution in [2.75, 3.05) is 13.2 Å². The fourth-order valence-corrected chi connectivity index (χ4v) is 2.63. The summed E-state index contributed by atoms with van der Waals surface area (Å²) in [6.07, 6.45) is 0.00801. The van der Waals surface area contributed by atoms with E-state index in [1.165, 1.54) is 12.1 Å². The summed E-state index contributed by atoms with van der Waals surface area (Å²) in [6.45, 7) is 4.02. The minimum absolute atomic E-state index is 0.00801. The molecule has 0 aliphatic carbocycles. The van der Waals surface area contributed by atoms with Crippen LogP contribution < -0.4 is 4.72 Å². The van der Waals surface area contributed by atoms with Gasteiger partial charge in [-0.15, -0.1) is 0 Å². The molecule has 0 aliphatic rings. The molecule has 0 aliphatic heterocycles. The topological polar surface area (TPSA) is 92.7 Å².